The van der Waals surface area contributed by atoms with E-state index in [9.17, 15) is 19.5 Å². The van der Waals surface area contributed by atoms with Gasteiger partial charge in [-0.15, -0.1) is 0 Å². The monoisotopic (exact) mass is 300 g/mol. The summed E-state index contributed by atoms with van der Waals surface area (Å²) in [6.07, 6.45) is 4.45. The first-order valence-electron chi connectivity index (χ1n) is 7.14. The molecule has 0 saturated heterocycles. The van der Waals surface area contributed by atoms with E-state index in [1.165, 1.54) is 0 Å². The molecule has 0 aliphatic heterocycles. The highest BCUT2D eigenvalue weighted by atomic mass is 16.4. The first-order valence-corrected chi connectivity index (χ1v) is 7.14. The second-order valence-corrected chi connectivity index (χ2v) is 5.65. The van der Waals surface area contributed by atoms with Crippen LogP contribution in [0.2, 0.25) is 0 Å². The van der Waals surface area contributed by atoms with Crippen LogP contribution < -0.4 is 10.9 Å². The Morgan fingerprint density at radius 2 is 1.59 bits per heavy atom. The maximum absolute atomic E-state index is 12.3. The molecule has 4 atom stereocenters. The third-order valence-corrected chi connectivity index (χ3v) is 4.38. The number of carboxylic acid groups (broad SMARTS) is 1. The Balaban J connectivity index is 1.64. The molecule has 3 N–H and O–H groups in total. The molecule has 0 unspecified atom stereocenters. The van der Waals surface area contributed by atoms with Gasteiger partial charge in [0.15, 0.2) is 0 Å². The van der Waals surface area contributed by atoms with E-state index in [1.807, 2.05) is 12.2 Å². The summed E-state index contributed by atoms with van der Waals surface area (Å²) in [7, 11) is 0. The number of fused-ring (bicyclic) bond motifs is 2. The molecule has 114 valence electrons. The Kier molecular flexibility index (Phi) is 3.66. The highest BCUT2D eigenvalue weighted by Gasteiger charge is 2.51. The molecule has 6 heteroatoms. The Labute approximate surface area is 127 Å². The van der Waals surface area contributed by atoms with E-state index in [0.29, 0.717) is 12.0 Å². The molecule has 0 aromatic heterocycles. The second-order valence-electron chi connectivity index (χ2n) is 5.65. The van der Waals surface area contributed by atoms with Crippen LogP contribution in [0.25, 0.3) is 0 Å². The van der Waals surface area contributed by atoms with Gasteiger partial charge < -0.3 is 5.11 Å². The Hall–Kier alpha value is -2.63. The van der Waals surface area contributed by atoms with Crippen LogP contribution in [0.5, 0.6) is 0 Å². The predicted molar refractivity (Wildman–Crippen MR) is 77.4 cm³/mol. The number of carboxylic acids is 1. The number of aliphatic carboxylic acids is 1. The van der Waals surface area contributed by atoms with Crippen LogP contribution in [-0.2, 0) is 9.59 Å². The van der Waals surface area contributed by atoms with Crippen molar-refractivity contribution in [2.45, 2.75) is 6.42 Å². The van der Waals surface area contributed by atoms with Crippen molar-refractivity contribution in [2.75, 3.05) is 0 Å². The van der Waals surface area contributed by atoms with Crippen molar-refractivity contribution in [2.24, 2.45) is 23.7 Å². The Morgan fingerprint density at radius 3 is 2.23 bits per heavy atom. The quantitative estimate of drug-likeness (QED) is 0.572. The summed E-state index contributed by atoms with van der Waals surface area (Å²) in [5, 5.41) is 9.31. The van der Waals surface area contributed by atoms with E-state index >= 15 is 0 Å². The summed E-state index contributed by atoms with van der Waals surface area (Å²) in [6.45, 7) is 0. The van der Waals surface area contributed by atoms with E-state index in [4.69, 9.17) is 0 Å². The lowest BCUT2D eigenvalue weighted by Crippen LogP contribution is -2.48. The number of hydrazine groups is 1. The molecule has 6 nitrogen and oxygen atoms in total. The molecule has 2 amide bonds. The van der Waals surface area contributed by atoms with E-state index in [-0.39, 0.29) is 11.8 Å². The average molecular weight is 300 g/mol. The summed E-state index contributed by atoms with van der Waals surface area (Å²) < 4.78 is 0. The number of rotatable bonds is 3. The molecule has 1 fully saturated rings. The molecule has 2 aliphatic carbocycles. The Bertz CT molecular complexity index is 641. The van der Waals surface area contributed by atoms with Gasteiger partial charge in [-0.25, -0.2) is 0 Å². The summed E-state index contributed by atoms with van der Waals surface area (Å²) in [5.41, 5.74) is 5.12. The zero-order valence-electron chi connectivity index (χ0n) is 11.7. The molecule has 0 spiro atoms. The summed E-state index contributed by atoms with van der Waals surface area (Å²) >= 11 is 0. The zero-order valence-corrected chi connectivity index (χ0v) is 11.7. The van der Waals surface area contributed by atoms with Crippen molar-refractivity contribution in [3.8, 4) is 0 Å². The molecular weight excluding hydrogens is 284 g/mol. The van der Waals surface area contributed by atoms with Crippen molar-refractivity contribution in [3.05, 3.63) is 48.0 Å². The molecule has 1 aromatic rings. The lowest BCUT2D eigenvalue weighted by atomic mass is 9.82. The van der Waals surface area contributed by atoms with E-state index in [1.54, 1.807) is 30.3 Å². The van der Waals surface area contributed by atoms with Crippen LogP contribution in [0.15, 0.2) is 42.5 Å². The minimum atomic E-state index is -0.966. The van der Waals surface area contributed by atoms with Crippen LogP contribution in [-0.4, -0.2) is 22.9 Å². The Morgan fingerprint density at radius 1 is 0.955 bits per heavy atom. The summed E-state index contributed by atoms with van der Waals surface area (Å²) in [5.74, 6) is -3.37. The number of carbonyl (C=O) groups excluding carboxylic acids is 2. The molecule has 1 aromatic carbocycles. The van der Waals surface area contributed by atoms with Crippen LogP contribution >= 0.6 is 0 Å². The van der Waals surface area contributed by atoms with Gasteiger partial charge >= 0.3 is 5.97 Å². The number of carbonyl (C=O) groups is 3. The largest absolute Gasteiger partial charge is 0.481 e. The highest BCUT2D eigenvalue weighted by Crippen LogP contribution is 2.48. The van der Waals surface area contributed by atoms with Gasteiger partial charge in [0.2, 0.25) is 5.91 Å². The van der Waals surface area contributed by atoms with E-state index in [2.05, 4.69) is 10.9 Å². The van der Waals surface area contributed by atoms with Crippen molar-refractivity contribution >= 4 is 17.8 Å². The molecule has 0 heterocycles. The molecule has 2 bridgehead atoms. The maximum Gasteiger partial charge on any atom is 0.307 e. The van der Waals surface area contributed by atoms with Crippen LogP contribution in [0.1, 0.15) is 16.8 Å². The molecule has 1 saturated carbocycles. The number of hydrogen-bond donors (Lipinski definition) is 3. The van der Waals surface area contributed by atoms with Gasteiger partial charge in [0.25, 0.3) is 5.91 Å². The first kappa shape index (κ1) is 14.3. The fourth-order valence-electron chi connectivity index (χ4n) is 3.38. The molecular formula is C16H16N2O4. The van der Waals surface area contributed by atoms with Gasteiger partial charge in [0, 0.05) is 5.56 Å². The average Bonchev–Trinajstić information content (AvgIpc) is 3.14. The standard InChI is InChI=1S/C16H16N2O4/c19-14(9-4-2-1-3-5-9)17-18-15(20)12-10-6-7-11(8-10)13(12)16(21)22/h1-7,10-13H,8H2,(H,17,19)(H,18,20)(H,21,22)/t10-,11-,12-,13+/m0/s1. The van der Waals surface area contributed by atoms with Gasteiger partial charge in [0.1, 0.15) is 0 Å². The van der Waals surface area contributed by atoms with Gasteiger partial charge in [-0.2, -0.15) is 0 Å². The van der Waals surface area contributed by atoms with Crippen molar-refractivity contribution in [3.63, 3.8) is 0 Å². The summed E-state index contributed by atoms with van der Waals surface area (Å²) in [6, 6.07) is 8.48. The zero-order chi connectivity index (χ0) is 15.7. The molecule has 0 radical (unpaired) electrons. The fourth-order valence-corrected chi connectivity index (χ4v) is 3.38. The number of benzene rings is 1. The molecule has 2 aliphatic rings. The molecule has 3 rings (SSSR count). The SMILES string of the molecule is O=C(NNC(=O)[C@@H]1[C@H](C(=O)O)[C@H]2C=C[C@H]1C2)c1ccccc1. The van der Waals surface area contributed by atoms with Gasteiger partial charge in [-0.05, 0) is 30.4 Å². The third-order valence-electron chi connectivity index (χ3n) is 4.38. The number of allylic oxidation sites excluding steroid dienone is 2. The highest BCUT2D eigenvalue weighted by molar-refractivity contribution is 5.96. The normalized spacial score (nSPS) is 28.4. The lowest BCUT2D eigenvalue weighted by molar-refractivity contribution is -0.148. The van der Waals surface area contributed by atoms with Crippen molar-refractivity contribution in [1.29, 1.82) is 0 Å². The second kappa shape index (κ2) is 5.63. The van der Waals surface area contributed by atoms with Gasteiger partial charge in [-0.1, -0.05) is 30.4 Å². The van der Waals surface area contributed by atoms with Gasteiger partial charge in [-0.3, -0.25) is 25.2 Å². The van der Waals surface area contributed by atoms with Crippen LogP contribution in [0.4, 0.5) is 0 Å². The smallest absolute Gasteiger partial charge is 0.307 e. The minimum absolute atomic E-state index is 0.0697. The number of amides is 2. The third kappa shape index (κ3) is 2.47. The fraction of sp³-hybridized carbons (Fsp3) is 0.312. The van der Waals surface area contributed by atoms with Crippen molar-refractivity contribution in [1.82, 2.24) is 10.9 Å². The topological polar surface area (TPSA) is 95.5 Å². The predicted octanol–water partition coefficient (Wildman–Crippen LogP) is 0.970. The van der Waals surface area contributed by atoms with Gasteiger partial charge in [0.05, 0.1) is 11.8 Å². The number of hydrogen-bond acceptors (Lipinski definition) is 3. The maximum atomic E-state index is 12.3. The lowest BCUT2D eigenvalue weighted by Gasteiger charge is -2.23. The minimum Gasteiger partial charge on any atom is -0.481 e. The van der Waals surface area contributed by atoms with E-state index in [0.717, 1.165) is 0 Å². The van der Waals surface area contributed by atoms with Crippen LogP contribution in [0, 0.1) is 23.7 Å². The summed E-state index contributed by atoms with van der Waals surface area (Å²) in [4.78, 5) is 35.5. The first-order chi connectivity index (χ1) is 10.6. The molecule has 22 heavy (non-hydrogen) atoms. The number of nitrogens with one attached hydrogen (secondary N) is 2. The van der Waals surface area contributed by atoms with Crippen LogP contribution in [0.3, 0.4) is 0 Å². The van der Waals surface area contributed by atoms with Crippen molar-refractivity contribution < 1.29 is 19.5 Å². The van der Waals surface area contributed by atoms with E-state index < -0.39 is 29.6 Å².